The summed E-state index contributed by atoms with van der Waals surface area (Å²) < 4.78 is 0. The fraction of sp³-hybridized carbons (Fsp3) is 0.467. The Morgan fingerprint density at radius 1 is 1.20 bits per heavy atom. The standard InChI is InChI=1S/C15H20N2O3/c16-14(19)12-5-3-11(4-6-12)10-17-13(18)9-15(20)7-1-2-8-15/h3-6,20H,1-2,7-10H2,(H2,16,19)(H,17,18). The minimum absolute atomic E-state index is 0.145. The van der Waals surface area contributed by atoms with Crippen LogP contribution in [0.25, 0.3) is 0 Å². The molecule has 1 aliphatic rings. The van der Waals surface area contributed by atoms with Gasteiger partial charge in [0.25, 0.3) is 0 Å². The van der Waals surface area contributed by atoms with Crippen LogP contribution < -0.4 is 11.1 Å². The highest BCUT2D eigenvalue weighted by Gasteiger charge is 2.33. The molecule has 0 bridgehead atoms. The highest BCUT2D eigenvalue weighted by atomic mass is 16.3. The summed E-state index contributed by atoms with van der Waals surface area (Å²) in [6, 6.07) is 6.78. The topological polar surface area (TPSA) is 92.4 Å². The Balaban J connectivity index is 1.82. The molecule has 2 amide bonds. The molecule has 20 heavy (non-hydrogen) atoms. The number of nitrogens with one attached hydrogen (secondary N) is 1. The maximum Gasteiger partial charge on any atom is 0.248 e. The molecular formula is C15H20N2O3. The summed E-state index contributed by atoms with van der Waals surface area (Å²) in [7, 11) is 0. The summed E-state index contributed by atoms with van der Waals surface area (Å²) in [4.78, 5) is 22.7. The van der Waals surface area contributed by atoms with Crippen LogP contribution in [0, 0.1) is 0 Å². The Kier molecular flexibility index (Phi) is 4.39. The average molecular weight is 276 g/mol. The van der Waals surface area contributed by atoms with Crippen LogP contribution >= 0.6 is 0 Å². The molecule has 1 aromatic carbocycles. The van der Waals surface area contributed by atoms with Gasteiger partial charge in [0.15, 0.2) is 0 Å². The molecule has 5 nitrogen and oxygen atoms in total. The number of nitrogens with two attached hydrogens (primary N) is 1. The summed E-state index contributed by atoms with van der Waals surface area (Å²) in [5, 5.41) is 12.9. The normalized spacial score (nSPS) is 16.9. The summed E-state index contributed by atoms with van der Waals surface area (Å²) in [6.45, 7) is 0.383. The summed E-state index contributed by atoms with van der Waals surface area (Å²) in [6.07, 6.45) is 3.53. The lowest BCUT2D eigenvalue weighted by molar-refractivity contribution is -0.126. The zero-order chi connectivity index (χ0) is 14.6. The molecule has 0 aliphatic heterocycles. The van der Waals surface area contributed by atoms with E-state index in [0.717, 1.165) is 18.4 Å². The van der Waals surface area contributed by atoms with Crippen molar-refractivity contribution in [1.82, 2.24) is 5.32 Å². The lowest BCUT2D eigenvalue weighted by atomic mass is 9.97. The molecule has 2 rings (SSSR count). The number of amides is 2. The molecule has 1 aliphatic carbocycles. The highest BCUT2D eigenvalue weighted by molar-refractivity contribution is 5.92. The first-order chi connectivity index (χ1) is 9.48. The van der Waals surface area contributed by atoms with Crippen molar-refractivity contribution in [2.75, 3.05) is 0 Å². The van der Waals surface area contributed by atoms with E-state index in [9.17, 15) is 14.7 Å². The third kappa shape index (κ3) is 3.81. The molecule has 0 spiro atoms. The molecular weight excluding hydrogens is 256 g/mol. The van der Waals surface area contributed by atoms with E-state index >= 15 is 0 Å². The second kappa shape index (κ2) is 6.05. The van der Waals surface area contributed by atoms with Crippen LogP contribution in [0.5, 0.6) is 0 Å². The van der Waals surface area contributed by atoms with Crippen LogP contribution in [0.2, 0.25) is 0 Å². The van der Waals surface area contributed by atoms with E-state index in [1.54, 1.807) is 24.3 Å². The fourth-order valence-corrected chi connectivity index (χ4v) is 2.56. The first-order valence-electron chi connectivity index (χ1n) is 6.86. The van der Waals surface area contributed by atoms with Gasteiger partial charge >= 0.3 is 0 Å². The summed E-state index contributed by atoms with van der Waals surface area (Å²) in [5.74, 6) is -0.614. The average Bonchev–Trinajstić information content (AvgIpc) is 2.83. The van der Waals surface area contributed by atoms with Gasteiger partial charge in [0.05, 0.1) is 12.0 Å². The van der Waals surface area contributed by atoms with Crippen LogP contribution in [0.15, 0.2) is 24.3 Å². The number of aliphatic hydroxyl groups is 1. The number of carbonyl (C=O) groups excluding carboxylic acids is 2. The van der Waals surface area contributed by atoms with Gasteiger partial charge < -0.3 is 16.2 Å². The molecule has 0 heterocycles. The van der Waals surface area contributed by atoms with Gasteiger partial charge in [0.2, 0.25) is 11.8 Å². The van der Waals surface area contributed by atoms with Gasteiger partial charge in [-0.3, -0.25) is 9.59 Å². The number of carbonyl (C=O) groups is 2. The molecule has 0 atom stereocenters. The zero-order valence-corrected chi connectivity index (χ0v) is 11.4. The lowest BCUT2D eigenvalue weighted by Gasteiger charge is -2.21. The van der Waals surface area contributed by atoms with Crippen molar-refractivity contribution in [2.24, 2.45) is 5.73 Å². The Hall–Kier alpha value is -1.88. The number of hydrogen-bond donors (Lipinski definition) is 3. The van der Waals surface area contributed by atoms with E-state index in [1.807, 2.05) is 0 Å². The SMILES string of the molecule is NC(=O)c1ccc(CNC(=O)CC2(O)CCCC2)cc1. The van der Waals surface area contributed by atoms with Gasteiger partial charge in [0, 0.05) is 12.1 Å². The first-order valence-corrected chi connectivity index (χ1v) is 6.86. The van der Waals surface area contributed by atoms with Crippen molar-refractivity contribution < 1.29 is 14.7 Å². The maximum atomic E-state index is 11.8. The first kappa shape index (κ1) is 14.5. The molecule has 0 saturated heterocycles. The third-order valence-corrected chi connectivity index (χ3v) is 3.75. The molecule has 1 aromatic rings. The van der Waals surface area contributed by atoms with Gasteiger partial charge in [-0.15, -0.1) is 0 Å². The van der Waals surface area contributed by atoms with E-state index in [-0.39, 0.29) is 12.3 Å². The molecule has 108 valence electrons. The summed E-state index contributed by atoms with van der Waals surface area (Å²) >= 11 is 0. The van der Waals surface area contributed by atoms with E-state index in [4.69, 9.17) is 5.73 Å². The van der Waals surface area contributed by atoms with Gasteiger partial charge in [0.1, 0.15) is 0 Å². The molecule has 0 aromatic heterocycles. The van der Waals surface area contributed by atoms with E-state index in [1.165, 1.54) is 0 Å². The van der Waals surface area contributed by atoms with Crippen molar-refractivity contribution in [3.63, 3.8) is 0 Å². The quantitative estimate of drug-likeness (QED) is 0.751. The van der Waals surface area contributed by atoms with Crippen molar-refractivity contribution in [1.29, 1.82) is 0 Å². The van der Waals surface area contributed by atoms with Crippen LogP contribution in [0.4, 0.5) is 0 Å². The Morgan fingerprint density at radius 3 is 2.35 bits per heavy atom. The predicted octanol–water partition coefficient (Wildman–Crippen LogP) is 1.10. The fourth-order valence-electron chi connectivity index (χ4n) is 2.56. The van der Waals surface area contributed by atoms with E-state index in [0.29, 0.717) is 24.9 Å². The molecule has 1 fully saturated rings. The van der Waals surface area contributed by atoms with E-state index in [2.05, 4.69) is 5.32 Å². The van der Waals surface area contributed by atoms with Gasteiger partial charge in [-0.25, -0.2) is 0 Å². The van der Waals surface area contributed by atoms with E-state index < -0.39 is 11.5 Å². The van der Waals surface area contributed by atoms with Gasteiger partial charge in [-0.05, 0) is 30.5 Å². The summed E-state index contributed by atoms with van der Waals surface area (Å²) in [5.41, 5.74) is 5.67. The van der Waals surface area contributed by atoms with Gasteiger partial charge in [-0.2, -0.15) is 0 Å². The Bertz CT molecular complexity index is 490. The lowest BCUT2D eigenvalue weighted by Crippen LogP contribution is -2.34. The maximum absolute atomic E-state index is 11.8. The number of primary amides is 1. The number of benzene rings is 1. The van der Waals surface area contributed by atoms with Crippen LogP contribution in [-0.2, 0) is 11.3 Å². The Morgan fingerprint density at radius 2 is 1.80 bits per heavy atom. The monoisotopic (exact) mass is 276 g/mol. The second-order valence-electron chi connectivity index (χ2n) is 5.45. The van der Waals surface area contributed by atoms with Crippen molar-refractivity contribution in [2.45, 2.75) is 44.2 Å². The molecule has 1 saturated carbocycles. The van der Waals surface area contributed by atoms with Crippen molar-refractivity contribution in [3.8, 4) is 0 Å². The highest BCUT2D eigenvalue weighted by Crippen LogP contribution is 2.32. The molecule has 0 unspecified atom stereocenters. The molecule has 5 heteroatoms. The largest absolute Gasteiger partial charge is 0.389 e. The third-order valence-electron chi connectivity index (χ3n) is 3.75. The minimum atomic E-state index is -0.820. The smallest absolute Gasteiger partial charge is 0.248 e. The Labute approximate surface area is 118 Å². The van der Waals surface area contributed by atoms with Crippen molar-refractivity contribution >= 4 is 11.8 Å². The zero-order valence-electron chi connectivity index (χ0n) is 11.4. The minimum Gasteiger partial charge on any atom is -0.389 e. The predicted molar refractivity (Wildman–Crippen MR) is 74.8 cm³/mol. The number of hydrogen-bond acceptors (Lipinski definition) is 3. The number of rotatable bonds is 5. The van der Waals surface area contributed by atoms with Crippen LogP contribution in [-0.4, -0.2) is 22.5 Å². The molecule has 4 N–H and O–H groups in total. The second-order valence-corrected chi connectivity index (χ2v) is 5.45. The van der Waals surface area contributed by atoms with Gasteiger partial charge in [-0.1, -0.05) is 25.0 Å². The van der Waals surface area contributed by atoms with Crippen LogP contribution in [0.3, 0.4) is 0 Å². The molecule has 0 radical (unpaired) electrons. The van der Waals surface area contributed by atoms with Crippen molar-refractivity contribution in [3.05, 3.63) is 35.4 Å². The van der Waals surface area contributed by atoms with Crippen LogP contribution in [0.1, 0.15) is 48.0 Å².